The topological polar surface area (TPSA) is 96.3 Å². The fourth-order valence-electron chi connectivity index (χ4n) is 5.83. The van der Waals surface area contributed by atoms with Crippen LogP contribution in [0.1, 0.15) is 44.5 Å². The van der Waals surface area contributed by atoms with Crippen LogP contribution in [0.5, 0.6) is 0 Å². The lowest BCUT2D eigenvalue weighted by molar-refractivity contribution is 0.122. The zero-order chi connectivity index (χ0) is 30.0. The van der Waals surface area contributed by atoms with Crippen LogP contribution in [-0.2, 0) is 11.2 Å². The highest BCUT2D eigenvalue weighted by atomic mass is 19.3. The van der Waals surface area contributed by atoms with E-state index in [1.165, 1.54) is 10.1 Å². The average molecular weight is 592 g/mol. The van der Waals surface area contributed by atoms with Crippen LogP contribution in [0, 0.1) is 0 Å². The van der Waals surface area contributed by atoms with Gasteiger partial charge < -0.3 is 25.2 Å². The van der Waals surface area contributed by atoms with E-state index in [1.807, 2.05) is 4.90 Å². The van der Waals surface area contributed by atoms with Crippen molar-refractivity contribution in [3.63, 3.8) is 0 Å². The second-order valence-corrected chi connectivity index (χ2v) is 12.0. The fourth-order valence-corrected chi connectivity index (χ4v) is 5.83. The number of hydrogen-bond acceptors (Lipinski definition) is 9. The van der Waals surface area contributed by atoms with Gasteiger partial charge in [0.05, 0.1) is 24.2 Å². The summed E-state index contributed by atoms with van der Waals surface area (Å²) in [5, 5.41) is 7.28. The van der Waals surface area contributed by atoms with E-state index in [2.05, 4.69) is 70.7 Å². The summed E-state index contributed by atoms with van der Waals surface area (Å²) in [4.78, 5) is 22.7. The zero-order valence-electron chi connectivity index (χ0n) is 24.9. The van der Waals surface area contributed by atoms with Crippen molar-refractivity contribution >= 4 is 28.6 Å². The van der Waals surface area contributed by atoms with E-state index in [4.69, 9.17) is 14.7 Å². The van der Waals surface area contributed by atoms with Crippen LogP contribution >= 0.6 is 0 Å². The number of para-hydroxylation sites is 3. The second-order valence-electron chi connectivity index (χ2n) is 12.0. The molecule has 6 rings (SSSR count). The van der Waals surface area contributed by atoms with Crippen LogP contribution in [0.2, 0.25) is 0 Å². The van der Waals surface area contributed by atoms with Crippen molar-refractivity contribution in [1.29, 1.82) is 0 Å². The molecule has 2 aliphatic rings. The Labute approximate surface area is 250 Å². The van der Waals surface area contributed by atoms with Crippen LogP contribution in [0.3, 0.4) is 0 Å². The highest BCUT2D eigenvalue weighted by Gasteiger charge is 2.27. The average Bonchev–Trinajstić information content (AvgIpc) is 3.39. The van der Waals surface area contributed by atoms with Crippen molar-refractivity contribution in [2.24, 2.45) is 0 Å². The number of nitrogens with one attached hydrogen (secondary N) is 2. The molecule has 0 saturated carbocycles. The number of fused-ring (bicyclic) bond motifs is 1. The molecule has 2 N–H and O–H groups in total. The maximum absolute atomic E-state index is 14.2. The Bertz CT molecular complexity index is 1550. The Balaban J connectivity index is 1.32. The van der Waals surface area contributed by atoms with Crippen molar-refractivity contribution in [2.75, 3.05) is 62.0 Å². The molecule has 0 amide bonds. The molecule has 0 bridgehead atoms. The van der Waals surface area contributed by atoms with E-state index >= 15 is 0 Å². The molecule has 2 aliphatic heterocycles. The largest absolute Gasteiger partial charge is 0.382 e. The van der Waals surface area contributed by atoms with E-state index in [1.54, 1.807) is 24.3 Å². The standard InChI is InChI=1S/C31H39F2N9O/c1-31(2,20-21-8-4-5-9-23(21)34-22-12-14-40(3)15-13-22)39-28-36-29(41-16-18-43-19-17-41)38-30(37-28)42-25-11-7-6-10-24(25)35-27(42)26(32)33/h4-11,22,26,34H,12-20H2,1-3H3,(H,36,37,38,39). The van der Waals surface area contributed by atoms with Crippen LogP contribution in [0.15, 0.2) is 48.5 Å². The summed E-state index contributed by atoms with van der Waals surface area (Å²) < 4.78 is 35.3. The lowest BCUT2D eigenvalue weighted by atomic mass is 9.93. The van der Waals surface area contributed by atoms with E-state index in [9.17, 15) is 8.78 Å². The van der Waals surface area contributed by atoms with Crippen LogP contribution in [0.4, 0.5) is 26.4 Å². The van der Waals surface area contributed by atoms with Crippen LogP contribution in [-0.4, -0.2) is 87.4 Å². The van der Waals surface area contributed by atoms with Gasteiger partial charge in [0.1, 0.15) is 0 Å². The molecule has 0 aliphatic carbocycles. The minimum atomic E-state index is -2.81. The van der Waals surface area contributed by atoms with Gasteiger partial charge in [0, 0.05) is 30.4 Å². The molecule has 12 heteroatoms. The zero-order valence-corrected chi connectivity index (χ0v) is 24.9. The fraction of sp³-hybridized carbons (Fsp3) is 0.484. The highest BCUT2D eigenvalue weighted by Crippen LogP contribution is 2.29. The number of ether oxygens (including phenoxy) is 1. The number of imidazole rings is 1. The van der Waals surface area contributed by atoms with Gasteiger partial charge in [-0.05, 0) is 77.0 Å². The van der Waals surface area contributed by atoms with Crippen molar-refractivity contribution in [3.05, 3.63) is 59.9 Å². The highest BCUT2D eigenvalue weighted by molar-refractivity contribution is 5.77. The number of aromatic nitrogens is 5. The smallest absolute Gasteiger partial charge is 0.296 e. The molecule has 228 valence electrons. The van der Waals surface area contributed by atoms with Gasteiger partial charge in [-0.15, -0.1) is 0 Å². The summed E-state index contributed by atoms with van der Waals surface area (Å²) in [6.07, 6.45) is 0.0898. The minimum absolute atomic E-state index is 0.100. The van der Waals surface area contributed by atoms with Gasteiger partial charge in [-0.2, -0.15) is 15.0 Å². The van der Waals surface area contributed by atoms with Crippen LogP contribution < -0.4 is 15.5 Å². The molecule has 0 unspecified atom stereocenters. The van der Waals surface area contributed by atoms with Crippen molar-refractivity contribution < 1.29 is 13.5 Å². The lowest BCUT2D eigenvalue weighted by Crippen LogP contribution is -2.39. The molecule has 10 nitrogen and oxygen atoms in total. The molecule has 43 heavy (non-hydrogen) atoms. The molecule has 4 aromatic rings. The van der Waals surface area contributed by atoms with Gasteiger partial charge in [-0.3, -0.25) is 4.57 Å². The Hall–Kier alpha value is -3.90. The molecule has 2 aromatic heterocycles. The van der Waals surface area contributed by atoms with Gasteiger partial charge in [0.15, 0.2) is 5.82 Å². The van der Waals surface area contributed by atoms with Gasteiger partial charge in [0.25, 0.3) is 6.43 Å². The van der Waals surface area contributed by atoms with Gasteiger partial charge in [0.2, 0.25) is 17.8 Å². The van der Waals surface area contributed by atoms with Crippen molar-refractivity contribution in [3.8, 4) is 5.95 Å². The molecular formula is C31H39F2N9O. The summed E-state index contributed by atoms with van der Waals surface area (Å²) in [5.74, 6) is 0.423. The molecule has 2 fully saturated rings. The molecular weight excluding hydrogens is 552 g/mol. The number of piperidine rings is 1. The van der Waals surface area contributed by atoms with Gasteiger partial charge >= 0.3 is 0 Å². The number of halogens is 2. The Morgan fingerprint density at radius 3 is 2.37 bits per heavy atom. The normalized spacial score (nSPS) is 17.1. The summed E-state index contributed by atoms with van der Waals surface area (Å²) in [6.45, 7) is 8.60. The third kappa shape index (κ3) is 6.70. The number of alkyl halides is 2. The van der Waals surface area contributed by atoms with E-state index in [0.29, 0.717) is 61.7 Å². The number of rotatable bonds is 9. The van der Waals surface area contributed by atoms with Crippen molar-refractivity contribution in [2.45, 2.75) is 51.1 Å². The van der Waals surface area contributed by atoms with E-state index < -0.39 is 17.8 Å². The predicted octanol–water partition coefficient (Wildman–Crippen LogP) is 4.92. The van der Waals surface area contributed by atoms with E-state index in [-0.39, 0.29) is 5.95 Å². The van der Waals surface area contributed by atoms with Gasteiger partial charge in [-0.1, -0.05) is 30.3 Å². The predicted molar refractivity (Wildman–Crippen MR) is 164 cm³/mol. The lowest BCUT2D eigenvalue weighted by Gasteiger charge is -2.32. The molecule has 4 heterocycles. The molecule has 2 saturated heterocycles. The molecule has 2 aromatic carbocycles. The summed E-state index contributed by atoms with van der Waals surface area (Å²) in [7, 11) is 2.17. The Morgan fingerprint density at radius 2 is 1.60 bits per heavy atom. The molecule has 0 radical (unpaired) electrons. The van der Waals surface area contributed by atoms with E-state index in [0.717, 1.165) is 31.6 Å². The minimum Gasteiger partial charge on any atom is -0.382 e. The maximum Gasteiger partial charge on any atom is 0.296 e. The first-order valence-electron chi connectivity index (χ1n) is 14.9. The van der Waals surface area contributed by atoms with Crippen LogP contribution in [0.25, 0.3) is 17.0 Å². The first-order valence-corrected chi connectivity index (χ1v) is 14.9. The summed E-state index contributed by atoms with van der Waals surface area (Å²) in [5.41, 5.74) is 2.80. The number of anilines is 3. The first-order chi connectivity index (χ1) is 20.8. The van der Waals surface area contributed by atoms with Gasteiger partial charge in [-0.25, -0.2) is 13.8 Å². The summed E-state index contributed by atoms with van der Waals surface area (Å²) >= 11 is 0. The molecule has 0 spiro atoms. The maximum atomic E-state index is 14.2. The second kappa shape index (κ2) is 12.4. The first kappa shape index (κ1) is 29.2. The molecule has 0 atom stereocenters. The number of benzene rings is 2. The Morgan fingerprint density at radius 1 is 0.907 bits per heavy atom. The van der Waals surface area contributed by atoms with Crippen molar-refractivity contribution in [1.82, 2.24) is 29.4 Å². The number of hydrogen-bond donors (Lipinski definition) is 2. The Kier molecular flexibility index (Phi) is 8.40. The third-order valence-corrected chi connectivity index (χ3v) is 8.07. The third-order valence-electron chi connectivity index (χ3n) is 8.07. The monoisotopic (exact) mass is 591 g/mol. The number of morpholine rings is 1. The number of nitrogens with zero attached hydrogens (tertiary/aromatic N) is 7. The SMILES string of the molecule is CN1CCC(Nc2ccccc2CC(C)(C)Nc2nc(N3CCOCC3)nc(-n3c(C(F)F)nc4ccccc43)n2)CC1. The summed E-state index contributed by atoms with van der Waals surface area (Å²) in [6, 6.07) is 15.9. The quantitative estimate of drug-likeness (QED) is 0.281. The number of likely N-dealkylation sites (tertiary alicyclic amines) is 1.